The van der Waals surface area contributed by atoms with E-state index in [9.17, 15) is 10.2 Å². The molecule has 0 heterocycles. The molecule has 1 rings (SSSR count). The van der Waals surface area contributed by atoms with Crippen LogP contribution in [0.4, 0.5) is 0 Å². The van der Waals surface area contributed by atoms with Crippen LogP contribution in [0.3, 0.4) is 0 Å². The minimum absolute atomic E-state index is 0.0101. The van der Waals surface area contributed by atoms with Crippen LogP contribution in [0.5, 0.6) is 11.5 Å². The molecule has 0 aliphatic heterocycles. The molecule has 1 aromatic rings. The number of ether oxygens (including phenoxy) is 1. The summed E-state index contributed by atoms with van der Waals surface area (Å²) in [7, 11) is 1.76. The Bertz CT molecular complexity index is 371. The molecular weight excluding hydrogens is 232 g/mol. The van der Waals surface area contributed by atoms with Crippen LogP contribution >= 0.6 is 0 Å². The molecule has 2 atom stereocenters. The molecule has 0 radical (unpaired) electrons. The number of hydrogen-bond donors (Lipinski definition) is 4. The predicted molar refractivity (Wildman–Crippen MR) is 70.8 cm³/mol. The molecule has 5 heteroatoms. The molecule has 102 valence electrons. The van der Waals surface area contributed by atoms with Crippen LogP contribution in [0.25, 0.3) is 0 Å². The van der Waals surface area contributed by atoms with Gasteiger partial charge in [0.2, 0.25) is 0 Å². The predicted octanol–water partition coefficient (Wildman–Crippen LogP) is 0.761. The standard InChI is InChI=1S/C13H22N2O3/c1-3-18-11-6-4-5-9(13(11)17)12(16)10(15-2)7-8-14/h4-6,10,12,15-17H,3,7-8,14H2,1-2H3. The first-order valence-corrected chi connectivity index (χ1v) is 6.15. The van der Waals surface area contributed by atoms with Crippen LogP contribution in [0.2, 0.25) is 0 Å². The van der Waals surface area contributed by atoms with Gasteiger partial charge >= 0.3 is 0 Å². The lowest BCUT2D eigenvalue weighted by molar-refractivity contribution is 0.125. The molecule has 0 amide bonds. The molecular formula is C13H22N2O3. The van der Waals surface area contributed by atoms with Gasteiger partial charge in [-0.2, -0.15) is 0 Å². The highest BCUT2D eigenvalue weighted by atomic mass is 16.5. The molecule has 0 aromatic heterocycles. The molecule has 0 bridgehead atoms. The van der Waals surface area contributed by atoms with Gasteiger partial charge in [-0.15, -0.1) is 0 Å². The third-order valence-corrected chi connectivity index (χ3v) is 2.88. The number of phenols is 1. The molecule has 0 spiro atoms. The summed E-state index contributed by atoms with van der Waals surface area (Å²) in [6, 6.07) is 4.91. The Morgan fingerprint density at radius 3 is 2.72 bits per heavy atom. The summed E-state index contributed by atoms with van der Waals surface area (Å²) in [6.07, 6.45) is -0.199. The summed E-state index contributed by atoms with van der Waals surface area (Å²) in [5.74, 6) is 0.376. The monoisotopic (exact) mass is 254 g/mol. The van der Waals surface area contributed by atoms with E-state index in [0.717, 1.165) is 0 Å². The zero-order chi connectivity index (χ0) is 13.5. The number of nitrogens with one attached hydrogen (secondary N) is 1. The van der Waals surface area contributed by atoms with E-state index in [1.807, 2.05) is 6.92 Å². The normalized spacial score (nSPS) is 14.2. The summed E-state index contributed by atoms with van der Waals surface area (Å²) >= 11 is 0. The SMILES string of the molecule is CCOc1cccc(C(O)C(CCN)NC)c1O. The maximum Gasteiger partial charge on any atom is 0.163 e. The molecule has 18 heavy (non-hydrogen) atoms. The Labute approximate surface area is 108 Å². The summed E-state index contributed by atoms with van der Waals surface area (Å²) in [5.41, 5.74) is 5.95. The molecule has 0 fully saturated rings. The molecule has 5 nitrogen and oxygen atoms in total. The van der Waals surface area contributed by atoms with E-state index in [4.69, 9.17) is 10.5 Å². The first kappa shape index (κ1) is 14.8. The summed E-state index contributed by atoms with van der Waals surface area (Å²) in [5, 5.41) is 23.3. The number of hydrogen-bond acceptors (Lipinski definition) is 5. The highest BCUT2D eigenvalue weighted by Gasteiger charge is 2.22. The number of nitrogens with two attached hydrogens (primary N) is 1. The van der Waals surface area contributed by atoms with Crippen molar-refractivity contribution in [2.45, 2.75) is 25.5 Å². The highest BCUT2D eigenvalue weighted by molar-refractivity contribution is 5.46. The molecule has 0 saturated heterocycles. The van der Waals surface area contributed by atoms with Gasteiger partial charge in [-0.3, -0.25) is 0 Å². The first-order valence-electron chi connectivity index (χ1n) is 6.15. The Kier molecular flexibility index (Phi) is 5.91. The van der Waals surface area contributed by atoms with Crippen molar-refractivity contribution in [2.24, 2.45) is 5.73 Å². The van der Waals surface area contributed by atoms with Crippen LogP contribution in [0, 0.1) is 0 Å². The number of aliphatic hydroxyl groups is 1. The topological polar surface area (TPSA) is 87.7 Å². The van der Waals surface area contributed by atoms with Crippen molar-refractivity contribution >= 4 is 0 Å². The zero-order valence-electron chi connectivity index (χ0n) is 10.9. The highest BCUT2D eigenvalue weighted by Crippen LogP contribution is 2.35. The quantitative estimate of drug-likeness (QED) is 0.577. The number of phenolic OH excluding ortho intramolecular Hbond substituents is 1. The molecule has 5 N–H and O–H groups in total. The van der Waals surface area contributed by atoms with Gasteiger partial charge < -0.3 is 26.0 Å². The number of likely N-dealkylation sites (N-methyl/N-ethyl adjacent to an activating group) is 1. The van der Waals surface area contributed by atoms with Gasteiger partial charge in [-0.05, 0) is 33.0 Å². The fraction of sp³-hybridized carbons (Fsp3) is 0.538. The van der Waals surface area contributed by atoms with Gasteiger partial charge in [0.25, 0.3) is 0 Å². The van der Waals surface area contributed by atoms with Crippen molar-refractivity contribution in [2.75, 3.05) is 20.2 Å². The third kappa shape index (κ3) is 3.35. The van der Waals surface area contributed by atoms with Crippen LogP contribution in [0.1, 0.15) is 25.0 Å². The van der Waals surface area contributed by atoms with Crippen molar-refractivity contribution in [1.82, 2.24) is 5.32 Å². The second kappa shape index (κ2) is 7.20. The fourth-order valence-electron chi connectivity index (χ4n) is 1.91. The van der Waals surface area contributed by atoms with E-state index < -0.39 is 6.10 Å². The Morgan fingerprint density at radius 2 is 2.17 bits per heavy atom. The molecule has 0 aliphatic rings. The van der Waals surface area contributed by atoms with Gasteiger partial charge in [0.15, 0.2) is 11.5 Å². The van der Waals surface area contributed by atoms with Gasteiger partial charge in [0.05, 0.1) is 12.7 Å². The average molecular weight is 254 g/mol. The Hall–Kier alpha value is -1.30. The number of aliphatic hydroxyl groups excluding tert-OH is 1. The van der Waals surface area contributed by atoms with E-state index in [1.54, 1.807) is 25.2 Å². The molecule has 0 aliphatic carbocycles. The lowest BCUT2D eigenvalue weighted by Gasteiger charge is -2.23. The van der Waals surface area contributed by atoms with E-state index in [1.165, 1.54) is 0 Å². The van der Waals surface area contributed by atoms with E-state index in [0.29, 0.717) is 30.9 Å². The summed E-state index contributed by atoms with van der Waals surface area (Å²) in [6.45, 7) is 2.77. The van der Waals surface area contributed by atoms with Crippen molar-refractivity contribution in [3.63, 3.8) is 0 Å². The van der Waals surface area contributed by atoms with Gasteiger partial charge in [0.1, 0.15) is 0 Å². The second-order valence-electron chi connectivity index (χ2n) is 4.04. The van der Waals surface area contributed by atoms with Gasteiger partial charge in [-0.1, -0.05) is 12.1 Å². The smallest absolute Gasteiger partial charge is 0.163 e. The second-order valence-corrected chi connectivity index (χ2v) is 4.04. The van der Waals surface area contributed by atoms with Crippen LogP contribution in [-0.4, -0.2) is 36.5 Å². The van der Waals surface area contributed by atoms with Crippen molar-refractivity contribution in [1.29, 1.82) is 0 Å². The van der Waals surface area contributed by atoms with Gasteiger partial charge in [-0.25, -0.2) is 0 Å². The lowest BCUT2D eigenvalue weighted by atomic mass is 9.98. The van der Waals surface area contributed by atoms with E-state index in [2.05, 4.69) is 5.32 Å². The molecule has 1 aromatic carbocycles. The van der Waals surface area contributed by atoms with Crippen molar-refractivity contribution in [3.8, 4) is 11.5 Å². The van der Waals surface area contributed by atoms with Crippen molar-refractivity contribution < 1.29 is 14.9 Å². The lowest BCUT2D eigenvalue weighted by Crippen LogP contribution is -2.34. The molecule has 2 unspecified atom stereocenters. The maximum atomic E-state index is 10.3. The largest absolute Gasteiger partial charge is 0.504 e. The minimum atomic E-state index is -0.820. The number of rotatable bonds is 7. The summed E-state index contributed by atoms with van der Waals surface area (Å²) in [4.78, 5) is 0. The zero-order valence-corrected chi connectivity index (χ0v) is 10.9. The Morgan fingerprint density at radius 1 is 1.44 bits per heavy atom. The summed E-state index contributed by atoms with van der Waals surface area (Å²) < 4.78 is 5.29. The van der Waals surface area contributed by atoms with E-state index >= 15 is 0 Å². The van der Waals surface area contributed by atoms with Crippen LogP contribution in [-0.2, 0) is 0 Å². The average Bonchev–Trinajstić information content (AvgIpc) is 2.38. The van der Waals surface area contributed by atoms with Crippen molar-refractivity contribution in [3.05, 3.63) is 23.8 Å². The minimum Gasteiger partial charge on any atom is -0.504 e. The van der Waals surface area contributed by atoms with Crippen LogP contribution in [0.15, 0.2) is 18.2 Å². The maximum absolute atomic E-state index is 10.3. The fourth-order valence-corrected chi connectivity index (χ4v) is 1.91. The number of para-hydroxylation sites is 1. The first-order chi connectivity index (χ1) is 8.65. The van der Waals surface area contributed by atoms with Gasteiger partial charge in [0, 0.05) is 11.6 Å². The third-order valence-electron chi connectivity index (χ3n) is 2.88. The van der Waals surface area contributed by atoms with E-state index in [-0.39, 0.29) is 11.8 Å². The number of benzene rings is 1. The number of aromatic hydroxyl groups is 1. The van der Waals surface area contributed by atoms with Crippen LogP contribution < -0.4 is 15.8 Å². The molecule has 0 saturated carbocycles. The Balaban J connectivity index is 2.97.